The molecule has 0 amide bonds. The van der Waals surface area contributed by atoms with Crippen molar-refractivity contribution in [2.24, 2.45) is 0 Å². The Balaban J connectivity index is 2.75. The van der Waals surface area contributed by atoms with Crippen molar-refractivity contribution in [3.05, 3.63) is 17.2 Å². The van der Waals surface area contributed by atoms with E-state index in [1.807, 2.05) is 6.08 Å². The van der Waals surface area contributed by atoms with Gasteiger partial charge in [0.15, 0.2) is 10.9 Å². The van der Waals surface area contributed by atoms with Crippen LogP contribution in [0.5, 0.6) is 0 Å². The van der Waals surface area contributed by atoms with E-state index in [0.29, 0.717) is 0 Å². The van der Waals surface area contributed by atoms with Gasteiger partial charge in [-0.25, -0.2) is 4.98 Å². The lowest BCUT2D eigenvalue weighted by Crippen LogP contribution is -2.21. The average molecular weight is 224 g/mol. The van der Waals surface area contributed by atoms with E-state index >= 15 is 0 Å². The van der Waals surface area contributed by atoms with E-state index in [4.69, 9.17) is 0 Å². The molecule has 0 saturated carbocycles. The quantitative estimate of drug-likeness (QED) is 0.721. The summed E-state index contributed by atoms with van der Waals surface area (Å²) in [4.78, 5) is 18.3. The third kappa shape index (κ3) is 3.47. The number of carbonyl (C=O) groups is 1. The van der Waals surface area contributed by atoms with Crippen LogP contribution in [0.3, 0.4) is 0 Å². The van der Waals surface area contributed by atoms with Crippen molar-refractivity contribution in [3.63, 3.8) is 0 Å². The van der Waals surface area contributed by atoms with Crippen molar-refractivity contribution >= 4 is 28.3 Å². The molecule has 1 aromatic heterocycles. The van der Waals surface area contributed by atoms with Crippen LogP contribution in [0.1, 0.15) is 25.6 Å². The Morgan fingerprint density at radius 3 is 2.73 bits per heavy atom. The summed E-state index contributed by atoms with van der Waals surface area (Å²) in [5.41, 5.74) is 0. The molecule has 0 N–H and O–H groups in total. The lowest BCUT2D eigenvalue weighted by Gasteiger charge is -2.16. The highest BCUT2D eigenvalue weighted by Gasteiger charge is 2.05. The van der Waals surface area contributed by atoms with Gasteiger partial charge in [-0.2, -0.15) is 0 Å². The highest BCUT2D eigenvalue weighted by atomic mass is 32.1. The molecular formula is C11H16N2OS. The van der Waals surface area contributed by atoms with Crippen LogP contribution < -0.4 is 4.90 Å². The van der Waals surface area contributed by atoms with Gasteiger partial charge < -0.3 is 4.90 Å². The van der Waals surface area contributed by atoms with Crippen LogP contribution >= 0.6 is 11.3 Å². The smallest absolute Gasteiger partial charge is 0.185 e. The molecule has 0 aliphatic rings. The molecule has 1 aromatic rings. The van der Waals surface area contributed by atoms with Crippen LogP contribution in [0.4, 0.5) is 5.13 Å². The molecule has 0 aliphatic heterocycles. The minimum absolute atomic E-state index is 0.0628. The molecule has 0 aromatic carbocycles. The van der Waals surface area contributed by atoms with E-state index in [2.05, 4.69) is 23.7 Å². The van der Waals surface area contributed by atoms with E-state index in [1.54, 1.807) is 30.5 Å². The Labute approximate surface area is 94.4 Å². The molecule has 0 bridgehead atoms. The molecule has 3 nitrogen and oxygen atoms in total. The number of allylic oxidation sites excluding steroid dienone is 1. The van der Waals surface area contributed by atoms with E-state index in [0.717, 1.165) is 23.1 Å². The molecule has 0 atom stereocenters. The third-order valence-electron chi connectivity index (χ3n) is 2.03. The predicted octanol–water partition coefficient (Wildman–Crippen LogP) is 2.59. The maximum atomic E-state index is 10.8. The monoisotopic (exact) mass is 224 g/mol. The second kappa shape index (κ2) is 5.66. The van der Waals surface area contributed by atoms with Crippen molar-refractivity contribution in [3.8, 4) is 0 Å². The number of ketones is 1. The maximum Gasteiger partial charge on any atom is 0.185 e. The van der Waals surface area contributed by atoms with Crippen LogP contribution in [-0.4, -0.2) is 23.9 Å². The fraction of sp³-hybridized carbons (Fsp3) is 0.455. The number of aromatic nitrogens is 1. The first kappa shape index (κ1) is 11.9. The topological polar surface area (TPSA) is 33.2 Å². The first-order valence-electron chi connectivity index (χ1n) is 5.06. The van der Waals surface area contributed by atoms with Crippen molar-refractivity contribution in [2.75, 3.05) is 18.0 Å². The number of thiazole rings is 1. The Kier molecular flexibility index (Phi) is 4.49. The molecular weight excluding hydrogens is 208 g/mol. The van der Waals surface area contributed by atoms with Gasteiger partial charge in [0, 0.05) is 24.2 Å². The maximum absolute atomic E-state index is 10.8. The minimum atomic E-state index is 0.0628. The second-order valence-electron chi connectivity index (χ2n) is 3.16. The lowest BCUT2D eigenvalue weighted by atomic mass is 10.4. The molecule has 0 saturated heterocycles. The van der Waals surface area contributed by atoms with E-state index in [-0.39, 0.29) is 5.78 Å². The largest absolute Gasteiger partial charge is 0.349 e. The zero-order chi connectivity index (χ0) is 11.3. The second-order valence-corrected chi connectivity index (χ2v) is 4.20. The standard InChI is InChI=1S/C11H16N2OS/c1-4-13(5-2)11-12-8-10(15-11)7-6-9(3)14/h6-8H,4-5H2,1-3H3. The van der Waals surface area contributed by atoms with Crippen molar-refractivity contribution in [2.45, 2.75) is 20.8 Å². The summed E-state index contributed by atoms with van der Waals surface area (Å²) >= 11 is 1.61. The molecule has 0 radical (unpaired) electrons. The zero-order valence-electron chi connectivity index (χ0n) is 9.36. The number of nitrogens with zero attached hydrogens (tertiary/aromatic N) is 2. The Bertz CT molecular complexity index is 353. The van der Waals surface area contributed by atoms with Crippen LogP contribution in [0.15, 0.2) is 12.3 Å². The summed E-state index contributed by atoms with van der Waals surface area (Å²) in [5, 5.41) is 1.02. The van der Waals surface area contributed by atoms with Gasteiger partial charge in [0.25, 0.3) is 0 Å². The van der Waals surface area contributed by atoms with Gasteiger partial charge in [0.2, 0.25) is 0 Å². The van der Waals surface area contributed by atoms with Gasteiger partial charge in [-0.15, -0.1) is 0 Å². The zero-order valence-corrected chi connectivity index (χ0v) is 10.2. The number of anilines is 1. The normalized spacial score (nSPS) is 10.9. The summed E-state index contributed by atoms with van der Waals surface area (Å²) in [6.07, 6.45) is 5.18. The minimum Gasteiger partial charge on any atom is -0.349 e. The third-order valence-corrected chi connectivity index (χ3v) is 3.05. The molecule has 4 heteroatoms. The fourth-order valence-electron chi connectivity index (χ4n) is 1.19. The first-order valence-corrected chi connectivity index (χ1v) is 5.88. The predicted molar refractivity (Wildman–Crippen MR) is 65.4 cm³/mol. The van der Waals surface area contributed by atoms with Crippen LogP contribution in [0.25, 0.3) is 6.08 Å². The van der Waals surface area contributed by atoms with Crippen molar-refractivity contribution in [1.82, 2.24) is 4.98 Å². The number of carbonyl (C=O) groups excluding carboxylic acids is 1. The Morgan fingerprint density at radius 1 is 1.53 bits per heavy atom. The fourth-order valence-corrected chi connectivity index (χ4v) is 2.14. The van der Waals surface area contributed by atoms with E-state index in [1.165, 1.54) is 0 Å². The van der Waals surface area contributed by atoms with Crippen LogP contribution in [0.2, 0.25) is 0 Å². The Hall–Kier alpha value is -1.16. The van der Waals surface area contributed by atoms with E-state index in [9.17, 15) is 4.79 Å². The highest BCUT2D eigenvalue weighted by Crippen LogP contribution is 2.23. The summed E-state index contributed by atoms with van der Waals surface area (Å²) in [6.45, 7) is 7.68. The summed E-state index contributed by atoms with van der Waals surface area (Å²) in [6, 6.07) is 0. The summed E-state index contributed by atoms with van der Waals surface area (Å²) in [5.74, 6) is 0.0628. The van der Waals surface area contributed by atoms with Gasteiger partial charge >= 0.3 is 0 Å². The SMILES string of the molecule is CCN(CC)c1ncc(C=CC(C)=O)s1. The molecule has 1 rings (SSSR count). The molecule has 0 aliphatic carbocycles. The van der Waals surface area contributed by atoms with Crippen molar-refractivity contribution < 1.29 is 4.79 Å². The molecule has 0 fully saturated rings. The molecule has 82 valence electrons. The number of hydrogen-bond donors (Lipinski definition) is 0. The van der Waals surface area contributed by atoms with Crippen LogP contribution in [0, 0.1) is 0 Å². The summed E-state index contributed by atoms with van der Waals surface area (Å²) < 4.78 is 0. The molecule has 1 heterocycles. The average Bonchev–Trinajstić information content (AvgIpc) is 2.65. The van der Waals surface area contributed by atoms with Gasteiger partial charge in [0.05, 0.1) is 0 Å². The first-order chi connectivity index (χ1) is 7.17. The molecule has 15 heavy (non-hydrogen) atoms. The van der Waals surface area contributed by atoms with Gasteiger partial charge in [-0.1, -0.05) is 11.3 Å². The highest BCUT2D eigenvalue weighted by molar-refractivity contribution is 7.16. The van der Waals surface area contributed by atoms with Gasteiger partial charge in [-0.3, -0.25) is 4.79 Å². The number of hydrogen-bond acceptors (Lipinski definition) is 4. The summed E-state index contributed by atoms with van der Waals surface area (Å²) in [7, 11) is 0. The van der Waals surface area contributed by atoms with Gasteiger partial charge in [0.1, 0.15) is 0 Å². The van der Waals surface area contributed by atoms with Crippen molar-refractivity contribution in [1.29, 1.82) is 0 Å². The number of rotatable bonds is 5. The molecule has 0 spiro atoms. The molecule has 0 unspecified atom stereocenters. The lowest BCUT2D eigenvalue weighted by molar-refractivity contribution is -0.112. The van der Waals surface area contributed by atoms with Crippen LogP contribution in [-0.2, 0) is 4.79 Å². The van der Waals surface area contributed by atoms with E-state index < -0.39 is 0 Å². The van der Waals surface area contributed by atoms with Gasteiger partial charge in [-0.05, 0) is 32.9 Å². The Morgan fingerprint density at radius 2 is 2.20 bits per heavy atom.